The molecule has 140 valence electrons. The first-order valence-electron chi connectivity index (χ1n) is 9.22. The lowest BCUT2D eigenvalue weighted by atomic mass is 10.0. The summed E-state index contributed by atoms with van der Waals surface area (Å²) in [6, 6.07) is 15.9. The molecule has 3 aromatic rings. The maximum absolute atomic E-state index is 12.4. The molecule has 0 bridgehead atoms. The van der Waals surface area contributed by atoms with Crippen molar-refractivity contribution >= 4 is 28.5 Å². The summed E-state index contributed by atoms with van der Waals surface area (Å²) in [6.07, 6.45) is 1.91. The molecule has 1 N–H and O–H groups in total. The molecule has 1 aromatic heterocycles. The third-order valence-corrected chi connectivity index (χ3v) is 5.24. The number of fused-ring (bicyclic) bond motifs is 1. The highest BCUT2D eigenvalue weighted by Crippen LogP contribution is 2.16. The van der Waals surface area contributed by atoms with Crippen molar-refractivity contribution in [1.82, 2.24) is 25.2 Å². The van der Waals surface area contributed by atoms with Gasteiger partial charge in [-0.25, -0.2) is 4.68 Å². The average Bonchev–Trinajstić information content (AvgIpc) is 3.08. The largest absolute Gasteiger partial charge is 0.352 e. The molecular weight excluding hydrogens is 362 g/mol. The molecule has 1 aliphatic rings. The lowest BCUT2D eigenvalue weighted by Crippen LogP contribution is -2.45. The Bertz CT molecular complexity index is 916. The van der Waals surface area contributed by atoms with Crippen LogP contribution in [0.4, 0.5) is 0 Å². The van der Waals surface area contributed by atoms with Gasteiger partial charge in [0.05, 0.1) is 5.52 Å². The summed E-state index contributed by atoms with van der Waals surface area (Å²) in [4.78, 5) is 14.8. The second-order valence-corrected chi connectivity index (χ2v) is 7.42. The zero-order valence-corrected chi connectivity index (χ0v) is 15.8. The van der Waals surface area contributed by atoms with Crippen molar-refractivity contribution in [3.05, 3.63) is 59.1 Å². The van der Waals surface area contributed by atoms with Crippen LogP contribution in [-0.2, 0) is 17.9 Å². The van der Waals surface area contributed by atoms with Crippen LogP contribution in [0.2, 0.25) is 5.02 Å². The number of benzene rings is 2. The highest BCUT2D eigenvalue weighted by atomic mass is 35.5. The highest BCUT2D eigenvalue weighted by molar-refractivity contribution is 6.30. The Morgan fingerprint density at radius 2 is 1.85 bits per heavy atom. The summed E-state index contributed by atoms with van der Waals surface area (Å²) < 4.78 is 1.65. The number of halogens is 1. The smallest absolute Gasteiger partial charge is 0.242 e. The fourth-order valence-electron chi connectivity index (χ4n) is 3.53. The average molecular weight is 384 g/mol. The number of hydrogen-bond acceptors (Lipinski definition) is 4. The van der Waals surface area contributed by atoms with Crippen molar-refractivity contribution in [2.45, 2.75) is 32.0 Å². The van der Waals surface area contributed by atoms with E-state index in [-0.39, 0.29) is 18.5 Å². The Morgan fingerprint density at radius 1 is 1.11 bits per heavy atom. The van der Waals surface area contributed by atoms with Crippen molar-refractivity contribution in [3.63, 3.8) is 0 Å². The molecule has 0 unspecified atom stereocenters. The molecule has 1 fully saturated rings. The van der Waals surface area contributed by atoms with Gasteiger partial charge in [0.1, 0.15) is 12.1 Å². The molecule has 1 amide bonds. The predicted octanol–water partition coefficient (Wildman–Crippen LogP) is 2.87. The van der Waals surface area contributed by atoms with E-state index in [1.807, 2.05) is 36.4 Å². The van der Waals surface area contributed by atoms with Crippen LogP contribution >= 0.6 is 11.6 Å². The Morgan fingerprint density at radius 3 is 2.63 bits per heavy atom. The van der Waals surface area contributed by atoms with E-state index in [1.54, 1.807) is 4.68 Å². The highest BCUT2D eigenvalue weighted by Gasteiger charge is 2.21. The van der Waals surface area contributed by atoms with Crippen LogP contribution in [0.5, 0.6) is 0 Å². The summed E-state index contributed by atoms with van der Waals surface area (Å²) in [5, 5.41) is 12.1. The molecule has 1 aliphatic heterocycles. The molecule has 1 saturated heterocycles. The minimum atomic E-state index is -0.0122. The van der Waals surface area contributed by atoms with Crippen molar-refractivity contribution in [2.75, 3.05) is 13.1 Å². The van der Waals surface area contributed by atoms with Crippen LogP contribution in [0.1, 0.15) is 18.4 Å². The van der Waals surface area contributed by atoms with E-state index in [9.17, 15) is 4.79 Å². The number of para-hydroxylation sites is 1. The van der Waals surface area contributed by atoms with Gasteiger partial charge in [0.15, 0.2) is 0 Å². The van der Waals surface area contributed by atoms with Gasteiger partial charge in [0.25, 0.3) is 0 Å². The minimum Gasteiger partial charge on any atom is -0.352 e. The second kappa shape index (κ2) is 8.06. The van der Waals surface area contributed by atoms with Crippen LogP contribution in [0.25, 0.3) is 11.0 Å². The SMILES string of the molecule is O=C(Cn1nnc2ccccc21)NC1CCN(Cc2ccc(Cl)cc2)CC1. The van der Waals surface area contributed by atoms with Gasteiger partial charge in [-0.2, -0.15) is 0 Å². The number of amides is 1. The summed E-state index contributed by atoms with van der Waals surface area (Å²) in [5.74, 6) is -0.0122. The van der Waals surface area contributed by atoms with E-state index in [0.717, 1.165) is 48.5 Å². The van der Waals surface area contributed by atoms with E-state index >= 15 is 0 Å². The Balaban J connectivity index is 1.26. The Kier molecular flexibility index (Phi) is 5.36. The van der Waals surface area contributed by atoms with Gasteiger partial charge in [-0.05, 0) is 42.7 Å². The fourth-order valence-corrected chi connectivity index (χ4v) is 3.65. The minimum absolute atomic E-state index is 0.0122. The van der Waals surface area contributed by atoms with Gasteiger partial charge in [-0.15, -0.1) is 5.10 Å². The normalized spacial score (nSPS) is 15.9. The van der Waals surface area contributed by atoms with Crippen molar-refractivity contribution in [3.8, 4) is 0 Å². The first kappa shape index (κ1) is 17.9. The molecule has 0 atom stereocenters. The molecular formula is C20H22ClN5O. The molecule has 7 heteroatoms. The van der Waals surface area contributed by atoms with Crippen LogP contribution in [0, 0.1) is 0 Å². The molecule has 6 nitrogen and oxygen atoms in total. The number of carbonyl (C=O) groups excluding carboxylic acids is 1. The lowest BCUT2D eigenvalue weighted by Gasteiger charge is -2.32. The monoisotopic (exact) mass is 383 g/mol. The number of likely N-dealkylation sites (tertiary alicyclic amines) is 1. The first-order chi connectivity index (χ1) is 13.2. The molecule has 0 radical (unpaired) electrons. The summed E-state index contributed by atoms with van der Waals surface area (Å²) in [6.45, 7) is 3.06. The third-order valence-electron chi connectivity index (χ3n) is 4.99. The summed E-state index contributed by atoms with van der Waals surface area (Å²) in [7, 11) is 0. The molecule has 27 heavy (non-hydrogen) atoms. The van der Waals surface area contributed by atoms with E-state index in [4.69, 9.17) is 11.6 Å². The van der Waals surface area contributed by atoms with E-state index in [1.165, 1.54) is 5.56 Å². The number of aromatic nitrogens is 3. The topological polar surface area (TPSA) is 63.1 Å². The third kappa shape index (κ3) is 4.46. The van der Waals surface area contributed by atoms with Crippen LogP contribution < -0.4 is 5.32 Å². The van der Waals surface area contributed by atoms with Gasteiger partial charge in [-0.3, -0.25) is 9.69 Å². The van der Waals surface area contributed by atoms with E-state index < -0.39 is 0 Å². The molecule has 2 heterocycles. The van der Waals surface area contributed by atoms with Crippen molar-refractivity contribution < 1.29 is 4.79 Å². The van der Waals surface area contributed by atoms with Gasteiger partial charge in [0, 0.05) is 30.7 Å². The number of carbonyl (C=O) groups is 1. The van der Waals surface area contributed by atoms with Crippen molar-refractivity contribution in [1.29, 1.82) is 0 Å². The van der Waals surface area contributed by atoms with Gasteiger partial charge >= 0.3 is 0 Å². The number of nitrogens with zero attached hydrogens (tertiary/aromatic N) is 4. The van der Waals surface area contributed by atoms with Gasteiger partial charge in [-0.1, -0.05) is 41.1 Å². The van der Waals surface area contributed by atoms with Crippen LogP contribution in [-0.4, -0.2) is 44.9 Å². The molecule has 0 aliphatic carbocycles. The Hall–Kier alpha value is -2.44. The van der Waals surface area contributed by atoms with Crippen LogP contribution in [0.15, 0.2) is 48.5 Å². The quantitative estimate of drug-likeness (QED) is 0.735. The summed E-state index contributed by atoms with van der Waals surface area (Å²) in [5.41, 5.74) is 2.95. The second-order valence-electron chi connectivity index (χ2n) is 6.98. The van der Waals surface area contributed by atoms with E-state index in [0.29, 0.717) is 0 Å². The fraction of sp³-hybridized carbons (Fsp3) is 0.350. The number of nitrogens with one attached hydrogen (secondary N) is 1. The zero-order valence-electron chi connectivity index (χ0n) is 15.0. The molecule has 0 spiro atoms. The number of rotatable bonds is 5. The number of hydrogen-bond donors (Lipinski definition) is 1. The molecule has 2 aromatic carbocycles. The Labute approximate surface area is 163 Å². The lowest BCUT2D eigenvalue weighted by molar-refractivity contribution is -0.122. The zero-order chi connectivity index (χ0) is 18.6. The first-order valence-corrected chi connectivity index (χ1v) is 9.59. The van der Waals surface area contributed by atoms with Crippen LogP contribution in [0.3, 0.4) is 0 Å². The standard InChI is InChI=1S/C20H22ClN5O/c21-16-7-5-15(6-8-16)13-25-11-9-17(10-12-25)22-20(27)14-26-19-4-2-1-3-18(19)23-24-26/h1-8,17H,9-14H2,(H,22,27). The molecule has 4 rings (SSSR count). The van der Waals surface area contributed by atoms with Gasteiger partial charge in [0.2, 0.25) is 5.91 Å². The predicted molar refractivity (Wildman–Crippen MR) is 105 cm³/mol. The van der Waals surface area contributed by atoms with Gasteiger partial charge < -0.3 is 5.32 Å². The van der Waals surface area contributed by atoms with E-state index in [2.05, 4.69) is 32.7 Å². The van der Waals surface area contributed by atoms with Crippen molar-refractivity contribution in [2.24, 2.45) is 0 Å². The number of piperidine rings is 1. The maximum atomic E-state index is 12.4. The maximum Gasteiger partial charge on any atom is 0.242 e. The summed E-state index contributed by atoms with van der Waals surface area (Å²) >= 11 is 5.94. The molecule has 0 saturated carbocycles.